The molecule has 0 radical (unpaired) electrons. The molecule has 4 fully saturated rings. The lowest BCUT2D eigenvalue weighted by Gasteiger charge is -2.56. The monoisotopic (exact) mass is 366 g/mol. The van der Waals surface area contributed by atoms with Gasteiger partial charge in [-0.2, -0.15) is 0 Å². The predicted molar refractivity (Wildman–Crippen MR) is 96.8 cm³/mol. The molecule has 1 N–H and O–H groups in total. The van der Waals surface area contributed by atoms with Crippen molar-refractivity contribution in [2.45, 2.75) is 58.3 Å². The van der Waals surface area contributed by atoms with Crippen molar-refractivity contribution >= 4 is 29.0 Å². The van der Waals surface area contributed by atoms with Gasteiger partial charge in [0.25, 0.3) is 0 Å². The molecule has 2 nitrogen and oxygen atoms in total. The van der Waals surface area contributed by atoms with Gasteiger partial charge in [0.05, 0.1) is 5.02 Å². The van der Waals surface area contributed by atoms with Crippen LogP contribution in [0, 0.1) is 30.1 Å². The quantitative estimate of drug-likeness (QED) is 0.738. The van der Waals surface area contributed by atoms with Crippen LogP contribution >= 0.6 is 23.2 Å². The van der Waals surface area contributed by atoms with Crippen LogP contribution in [-0.4, -0.2) is 10.9 Å². The fraction of sp³-hybridized carbons (Fsp3) is 0.650. The molecule has 24 heavy (non-hydrogen) atoms. The van der Waals surface area contributed by atoms with Gasteiger partial charge in [0.1, 0.15) is 11.5 Å². The normalized spacial score (nSPS) is 33.9. The number of Topliss-reactive ketones (excluding diaryl/α,β-unsaturated/α-hetero) is 1. The van der Waals surface area contributed by atoms with Crippen LogP contribution in [0.15, 0.2) is 6.07 Å². The highest BCUT2D eigenvalue weighted by Gasteiger charge is 2.51. The zero-order chi connectivity index (χ0) is 17.1. The van der Waals surface area contributed by atoms with Crippen molar-refractivity contribution in [3.63, 3.8) is 0 Å². The molecule has 0 heterocycles. The zero-order valence-electron chi connectivity index (χ0n) is 14.1. The van der Waals surface area contributed by atoms with Gasteiger partial charge in [0.2, 0.25) is 0 Å². The molecule has 130 valence electrons. The van der Waals surface area contributed by atoms with Crippen LogP contribution < -0.4 is 0 Å². The molecule has 0 aliphatic heterocycles. The van der Waals surface area contributed by atoms with Crippen molar-refractivity contribution in [2.75, 3.05) is 0 Å². The van der Waals surface area contributed by atoms with Crippen molar-refractivity contribution < 1.29 is 9.90 Å². The van der Waals surface area contributed by atoms with E-state index in [1.54, 1.807) is 13.0 Å². The Bertz CT molecular complexity index is 660. The number of rotatable bonds is 4. The SMILES string of the molecule is Cc1c(Cl)cc(CC(=O)CC23CC4CC(CC(C4)C2)C3)c(O)c1Cl. The Labute approximate surface area is 153 Å². The van der Waals surface area contributed by atoms with Crippen molar-refractivity contribution in [2.24, 2.45) is 23.2 Å². The maximum absolute atomic E-state index is 12.8. The van der Waals surface area contributed by atoms with Crippen LogP contribution in [0.1, 0.15) is 56.1 Å². The summed E-state index contributed by atoms with van der Waals surface area (Å²) in [6.45, 7) is 1.77. The zero-order valence-corrected chi connectivity index (χ0v) is 15.6. The van der Waals surface area contributed by atoms with E-state index in [2.05, 4.69) is 0 Å². The molecule has 4 aliphatic carbocycles. The Morgan fingerprint density at radius 3 is 2.25 bits per heavy atom. The van der Waals surface area contributed by atoms with Crippen molar-refractivity contribution in [3.05, 3.63) is 27.2 Å². The average molecular weight is 367 g/mol. The van der Waals surface area contributed by atoms with Gasteiger partial charge in [0, 0.05) is 23.4 Å². The van der Waals surface area contributed by atoms with Gasteiger partial charge in [-0.05, 0) is 80.2 Å². The third-order valence-electron chi connectivity index (χ3n) is 6.63. The third-order valence-corrected chi connectivity index (χ3v) is 7.48. The maximum Gasteiger partial charge on any atom is 0.138 e. The molecule has 0 aromatic heterocycles. The molecule has 4 aliphatic rings. The van der Waals surface area contributed by atoms with Crippen molar-refractivity contribution in [3.8, 4) is 5.75 Å². The fourth-order valence-corrected chi connectivity index (χ4v) is 6.59. The van der Waals surface area contributed by atoms with E-state index in [9.17, 15) is 9.90 Å². The number of aromatic hydroxyl groups is 1. The van der Waals surface area contributed by atoms with E-state index < -0.39 is 0 Å². The molecule has 1 aromatic rings. The van der Waals surface area contributed by atoms with E-state index in [0.717, 1.165) is 17.8 Å². The molecule has 0 spiro atoms. The van der Waals surface area contributed by atoms with E-state index in [1.165, 1.54) is 38.5 Å². The van der Waals surface area contributed by atoms with E-state index in [0.29, 0.717) is 22.6 Å². The lowest BCUT2D eigenvalue weighted by Crippen LogP contribution is -2.47. The Morgan fingerprint density at radius 1 is 1.17 bits per heavy atom. The Morgan fingerprint density at radius 2 is 1.71 bits per heavy atom. The van der Waals surface area contributed by atoms with Crippen LogP contribution in [0.2, 0.25) is 10.0 Å². The molecule has 1 aromatic carbocycles. The van der Waals surface area contributed by atoms with Crippen LogP contribution in [-0.2, 0) is 11.2 Å². The molecule has 4 heteroatoms. The number of ketones is 1. The van der Waals surface area contributed by atoms with Crippen LogP contribution in [0.4, 0.5) is 0 Å². The van der Waals surface area contributed by atoms with Gasteiger partial charge in [-0.1, -0.05) is 23.2 Å². The number of hydrogen-bond donors (Lipinski definition) is 1. The first kappa shape index (κ1) is 16.7. The molecular formula is C20H24Cl2O2. The smallest absolute Gasteiger partial charge is 0.138 e. The molecular weight excluding hydrogens is 343 g/mol. The highest BCUT2D eigenvalue weighted by atomic mass is 35.5. The molecule has 0 amide bonds. The van der Waals surface area contributed by atoms with E-state index >= 15 is 0 Å². The number of carbonyl (C=O) groups excluding carboxylic acids is 1. The van der Waals surface area contributed by atoms with Gasteiger partial charge >= 0.3 is 0 Å². The summed E-state index contributed by atoms with van der Waals surface area (Å²) in [6, 6.07) is 1.69. The van der Waals surface area contributed by atoms with Crippen LogP contribution in [0.5, 0.6) is 5.75 Å². The number of halogens is 2. The van der Waals surface area contributed by atoms with Crippen LogP contribution in [0.3, 0.4) is 0 Å². The number of phenolic OH excluding ortho intramolecular Hbond substituents is 1. The van der Waals surface area contributed by atoms with Crippen molar-refractivity contribution in [1.29, 1.82) is 0 Å². The first-order valence-corrected chi connectivity index (χ1v) is 9.79. The Balaban J connectivity index is 1.50. The first-order valence-electron chi connectivity index (χ1n) is 9.03. The standard InChI is InChI=1S/C20H24Cl2O2/c1-11-17(21)6-15(19(24)18(11)22)5-16(23)10-20-7-12-2-13(8-20)4-14(3-12)9-20/h6,12-14,24H,2-5,7-10H2,1H3. The second-order valence-corrected chi connectivity index (χ2v) is 9.40. The topological polar surface area (TPSA) is 37.3 Å². The summed E-state index contributed by atoms with van der Waals surface area (Å²) in [5.74, 6) is 2.77. The minimum atomic E-state index is 0.0115. The fourth-order valence-electron chi connectivity index (χ4n) is 6.09. The number of phenols is 1. The van der Waals surface area contributed by atoms with Gasteiger partial charge in [-0.25, -0.2) is 0 Å². The Hall–Kier alpha value is -0.730. The van der Waals surface area contributed by atoms with Gasteiger partial charge < -0.3 is 5.11 Å². The maximum atomic E-state index is 12.8. The van der Waals surface area contributed by atoms with E-state index in [4.69, 9.17) is 23.2 Å². The second kappa shape index (κ2) is 5.92. The third kappa shape index (κ3) is 2.86. The molecule has 4 bridgehead atoms. The molecule has 0 unspecified atom stereocenters. The summed E-state index contributed by atoms with van der Waals surface area (Å²) in [4.78, 5) is 12.8. The Kier molecular flexibility index (Phi) is 4.12. The summed E-state index contributed by atoms with van der Waals surface area (Å²) in [5.41, 5.74) is 1.46. The largest absolute Gasteiger partial charge is 0.506 e. The number of hydrogen-bond acceptors (Lipinski definition) is 2. The summed E-state index contributed by atoms with van der Waals surface area (Å²) in [7, 11) is 0. The predicted octanol–water partition coefficient (Wildman–Crippen LogP) is 5.73. The van der Waals surface area contributed by atoms with Crippen molar-refractivity contribution in [1.82, 2.24) is 0 Å². The second-order valence-electron chi connectivity index (χ2n) is 8.61. The lowest BCUT2D eigenvalue weighted by molar-refractivity contribution is -0.126. The van der Waals surface area contributed by atoms with E-state index in [1.807, 2.05) is 0 Å². The minimum absolute atomic E-state index is 0.0115. The van der Waals surface area contributed by atoms with E-state index in [-0.39, 0.29) is 28.4 Å². The highest BCUT2D eigenvalue weighted by Crippen LogP contribution is 2.61. The molecule has 0 saturated heterocycles. The number of benzene rings is 1. The van der Waals surface area contributed by atoms with Gasteiger partial charge in [0.15, 0.2) is 0 Å². The summed E-state index contributed by atoms with van der Waals surface area (Å²) in [5, 5.41) is 11.0. The van der Waals surface area contributed by atoms with Gasteiger partial charge in [-0.15, -0.1) is 0 Å². The lowest BCUT2D eigenvalue weighted by atomic mass is 9.48. The highest BCUT2D eigenvalue weighted by molar-refractivity contribution is 6.37. The molecule has 4 saturated carbocycles. The molecule has 0 atom stereocenters. The first-order chi connectivity index (χ1) is 11.3. The minimum Gasteiger partial charge on any atom is -0.506 e. The van der Waals surface area contributed by atoms with Gasteiger partial charge in [-0.3, -0.25) is 4.79 Å². The number of carbonyl (C=O) groups is 1. The summed E-state index contributed by atoms with van der Waals surface area (Å²) in [6.07, 6.45) is 8.73. The average Bonchev–Trinajstić information content (AvgIpc) is 2.48. The molecule has 5 rings (SSSR count). The summed E-state index contributed by atoms with van der Waals surface area (Å²) < 4.78 is 0. The van der Waals surface area contributed by atoms with Crippen LogP contribution in [0.25, 0.3) is 0 Å². The summed E-state index contributed by atoms with van der Waals surface area (Å²) >= 11 is 12.3.